The zero-order valence-corrected chi connectivity index (χ0v) is 11.3. The predicted octanol–water partition coefficient (Wildman–Crippen LogP) is -1.52. The Bertz CT molecular complexity index is 356. The first-order valence-electron chi connectivity index (χ1n) is 6.16. The SMILES string of the molecule is CCCNC(=O)CCNC(=O)N(CC(N)=O)CC(=O)O. The molecular weight excluding hydrogens is 268 g/mol. The van der Waals surface area contributed by atoms with E-state index in [1.165, 1.54) is 0 Å². The molecule has 0 aliphatic heterocycles. The molecule has 0 radical (unpaired) electrons. The number of aliphatic carboxylic acids is 1. The van der Waals surface area contributed by atoms with Crippen molar-refractivity contribution >= 4 is 23.8 Å². The molecule has 20 heavy (non-hydrogen) atoms. The third-order valence-corrected chi connectivity index (χ3v) is 2.16. The highest BCUT2D eigenvalue weighted by atomic mass is 16.4. The van der Waals surface area contributed by atoms with E-state index in [0.29, 0.717) is 6.54 Å². The van der Waals surface area contributed by atoms with Crippen molar-refractivity contribution in [1.29, 1.82) is 0 Å². The zero-order chi connectivity index (χ0) is 15.5. The van der Waals surface area contributed by atoms with Crippen molar-refractivity contribution in [3.8, 4) is 0 Å². The van der Waals surface area contributed by atoms with Gasteiger partial charge in [-0.25, -0.2) is 4.79 Å². The number of nitrogens with one attached hydrogen (secondary N) is 2. The Kier molecular flexibility index (Phi) is 8.48. The van der Waals surface area contributed by atoms with Gasteiger partial charge >= 0.3 is 12.0 Å². The number of urea groups is 1. The standard InChI is InChI=1S/C11H20N4O5/c1-2-4-13-9(17)3-5-14-11(20)15(6-8(12)16)7-10(18)19/h2-7H2,1H3,(H2,12,16)(H,13,17)(H,14,20)(H,18,19). The number of hydrogen-bond donors (Lipinski definition) is 4. The van der Waals surface area contributed by atoms with Crippen molar-refractivity contribution in [3.05, 3.63) is 0 Å². The number of rotatable bonds is 9. The fraction of sp³-hybridized carbons (Fsp3) is 0.636. The first-order chi connectivity index (χ1) is 9.36. The van der Waals surface area contributed by atoms with Crippen LogP contribution in [-0.4, -0.2) is 60.0 Å². The van der Waals surface area contributed by atoms with E-state index in [0.717, 1.165) is 11.3 Å². The van der Waals surface area contributed by atoms with Gasteiger partial charge in [0, 0.05) is 19.5 Å². The Labute approximate surface area is 116 Å². The molecule has 0 aromatic carbocycles. The maximum atomic E-state index is 11.6. The van der Waals surface area contributed by atoms with E-state index in [9.17, 15) is 19.2 Å². The van der Waals surface area contributed by atoms with Gasteiger partial charge in [-0.05, 0) is 6.42 Å². The highest BCUT2D eigenvalue weighted by molar-refractivity contribution is 5.86. The number of amides is 4. The Balaban J connectivity index is 4.15. The maximum absolute atomic E-state index is 11.6. The third kappa shape index (κ3) is 8.72. The summed E-state index contributed by atoms with van der Waals surface area (Å²) < 4.78 is 0. The molecule has 0 aliphatic carbocycles. The van der Waals surface area contributed by atoms with Crippen LogP contribution in [0, 0.1) is 0 Å². The number of nitrogens with zero attached hydrogens (tertiary/aromatic N) is 1. The smallest absolute Gasteiger partial charge is 0.323 e. The van der Waals surface area contributed by atoms with E-state index >= 15 is 0 Å². The summed E-state index contributed by atoms with van der Waals surface area (Å²) in [5, 5.41) is 13.6. The second-order valence-electron chi connectivity index (χ2n) is 4.05. The molecule has 0 saturated heterocycles. The summed E-state index contributed by atoms with van der Waals surface area (Å²) in [4.78, 5) is 44.9. The summed E-state index contributed by atoms with van der Waals surface area (Å²) in [5.74, 6) is -2.30. The lowest BCUT2D eigenvalue weighted by Gasteiger charge is -2.19. The van der Waals surface area contributed by atoms with E-state index in [1.807, 2.05) is 6.92 Å². The van der Waals surface area contributed by atoms with Crippen molar-refractivity contribution in [3.63, 3.8) is 0 Å². The number of carboxylic acid groups (broad SMARTS) is 1. The quantitative estimate of drug-likeness (QED) is 0.408. The first-order valence-corrected chi connectivity index (χ1v) is 6.16. The van der Waals surface area contributed by atoms with Crippen LogP contribution in [0.4, 0.5) is 4.79 Å². The molecule has 0 aliphatic rings. The molecule has 0 aromatic heterocycles. The summed E-state index contributed by atoms with van der Waals surface area (Å²) in [6.07, 6.45) is 0.881. The van der Waals surface area contributed by atoms with E-state index in [4.69, 9.17) is 10.8 Å². The molecule has 0 fully saturated rings. The Morgan fingerprint density at radius 1 is 1.10 bits per heavy atom. The molecule has 9 nitrogen and oxygen atoms in total. The average molecular weight is 288 g/mol. The van der Waals surface area contributed by atoms with Gasteiger partial charge < -0.3 is 26.4 Å². The minimum absolute atomic E-state index is 0.0449. The molecule has 0 bridgehead atoms. The summed E-state index contributed by atoms with van der Waals surface area (Å²) in [6, 6.07) is -0.755. The number of hydrogen-bond acceptors (Lipinski definition) is 4. The molecule has 9 heteroatoms. The number of carboxylic acids is 1. The van der Waals surface area contributed by atoms with Gasteiger partial charge in [-0.15, -0.1) is 0 Å². The van der Waals surface area contributed by atoms with Crippen LogP contribution in [0.25, 0.3) is 0 Å². The van der Waals surface area contributed by atoms with Gasteiger partial charge in [0.05, 0.1) is 0 Å². The van der Waals surface area contributed by atoms with Crippen molar-refractivity contribution < 1.29 is 24.3 Å². The molecular formula is C11H20N4O5. The van der Waals surface area contributed by atoms with Crippen molar-refractivity contribution in [2.24, 2.45) is 5.73 Å². The lowest BCUT2D eigenvalue weighted by molar-refractivity contribution is -0.137. The van der Waals surface area contributed by atoms with Gasteiger partial charge in [0.15, 0.2) is 0 Å². The van der Waals surface area contributed by atoms with Crippen molar-refractivity contribution in [1.82, 2.24) is 15.5 Å². The van der Waals surface area contributed by atoms with Gasteiger partial charge in [0.25, 0.3) is 0 Å². The highest BCUT2D eigenvalue weighted by Crippen LogP contribution is 1.90. The zero-order valence-electron chi connectivity index (χ0n) is 11.3. The van der Waals surface area contributed by atoms with Crippen molar-refractivity contribution in [2.75, 3.05) is 26.2 Å². The van der Waals surface area contributed by atoms with Gasteiger partial charge in [-0.1, -0.05) is 6.92 Å². The molecule has 0 rings (SSSR count). The Morgan fingerprint density at radius 3 is 2.25 bits per heavy atom. The topological polar surface area (TPSA) is 142 Å². The molecule has 0 saturated carbocycles. The van der Waals surface area contributed by atoms with Crippen LogP contribution >= 0.6 is 0 Å². The minimum Gasteiger partial charge on any atom is -0.480 e. The fourth-order valence-corrected chi connectivity index (χ4v) is 1.30. The molecule has 0 unspecified atom stereocenters. The Morgan fingerprint density at radius 2 is 1.75 bits per heavy atom. The number of primary amides is 1. The molecule has 0 spiro atoms. The van der Waals surface area contributed by atoms with Crippen LogP contribution in [0.2, 0.25) is 0 Å². The van der Waals surface area contributed by atoms with E-state index in [1.54, 1.807) is 0 Å². The monoisotopic (exact) mass is 288 g/mol. The number of carbonyl (C=O) groups is 4. The largest absolute Gasteiger partial charge is 0.480 e. The normalized spacial score (nSPS) is 9.65. The van der Waals surface area contributed by atoms with Crippen LogP contribution in [0.1, 0.15) is 19.8 Å². The Hall–Kier alpha value is -2.32. The van der Waals surface area contributed by atoms with E-state index in [2.05, 4.69) is 10.6 Å². The lowest BCUT2D eigenvalue weighted by Crippen LogP contribution is -2.47. The van der Waals surface area contributed by atoms with Crippen molar-refractivity contribution in [2.45, 2.75) is 19.8 Å². The summed E-state index contributed by atoms with van der Waals surface area (Å²) >= 11 is 0. The van der Waals surface area contributed by atoms with Gasteiger partial charge in [0.1, 0.15) is 13.1 Å². The van der Waals surface area contributed by atoms with Gasteiger partial charge in [-0.2, -0.15) is 0 Å². The van der Waals surface area contributed by atoms with Crippen LogP contribution in [0.15, 0.2) is 0 Å². The minimum atomic E-state index is -1.26. The summed E-state index contributed by atoms with van der Waals surface area (Å²) in [7, 11) is 0. The molecule has 114 valence electrons. The first kappa shape index (κ1) is 17.7. The molecule has 4 amide bonds. The van der Waals surface area contributed by atoms with Crippen LogP contribution in [0.3, 0.4) is 0 Å². The third-order valence-electron chi connectivity index (χ3n) is 2.16. The van der Waals surface area contributed by atoms with Gasteiger partial charge in [0.2, 0.25) is 11.8 Å². The number of carbonyl (C=O) groups excluding carboxylic acids is 3. The summed E-state index contributed by atoms with van der Waals surface area (Å²) in [5.41, 5.74) is 4.92. The number of nitrogens with two attached hydrogens (primary N) is 1. The summed E-state index contributed by atoms with van der Waals surface area (Å²) in [6.45, 7) is 1.37. The van der Waals surface area contributed by atoms with Crippen LogP contribution < -0.4 is 16.4 Å². The van der Waals surface area contributed by atoms with Crippen LogP contribution in [0.5, 0.6) is 0 Å². The molecule has 0 heterocycles. The van der Waals surface area contributed by atoms with E-state index < -0.39 is 31.0 Å². The van der Waals surface area contributed by atoms with Gasteiger partial charge in [-0.3, -0.25) is 14.4 Å². The second-order valence-corrected chi connectivity index (χ2v) is 4.05. The molecule has 0 atom stereocenters. The second kappa shape index (κ2) is 9.59. The predicted molar refractivity (Wildman–Crippen MR) is 69.7 cm³/mol. The molecule has 0 aromatic rings. The maximum Gasteiger partial charge on any atom is 0.323 e. The lowest BCUT2D eigenvalue weighted by atomic mass is 10.3. The molecule has 5 N–H and O–H groups in total. The van der Waals surface area contributed by atoms with Crippen LogP contribution in [-0.2, 0) is 14.4 Å². The highest BCUT2D eigenvalue weighted by Gasteiger charge is 2.18. The average Bonchev–Trinajstić information content (AvgIpc) is 2.34. The fourth-order valence-electron chi connectivity index (χ4n) is 1.30. The van der Waals surface area contributed by atoms with E-state index in [-0.39, 0.29) is 18.9 Å².